The minimum absolute atomic E-state index is 0.465. The molecule has 1 heterocycles. The quantitative estimate of drug-likeness (QED) is 0.550. The minimum Gasteiger partial charge on any atom is -0.384 e. The van der Waals surface area contributed by atoms with Gasteiger partial charge in [0, 0.05) is 11.6 Å². The Balaban J connectivity index is 2.33. The van der Waals surface area contributed by atoms with Gasteiger partial charge in [0.15, 0.2) is 0 Å². The summed E-state index contributed by atoms with van der Waals surface area (Å²) in [6.07, 6.45) is 11.2. The lowest BCUT2D eigenvalue weighted by Crippen LogP contribution is -2.17. The van der Waals surface area contributed by atoms with Crippen LogP contribution in [0.15, 0.2) is 41.2 Å². The molecule has 0 amide bonds. The van der Waals surface area contributed by atoms with Crippen LogP contribution in [0.5, 0.6) is 0 Å². The van der Waals surface area contributed by atoms with E-state index in [9.17, 15) is 0 Å². The lowest BCUT2D eigenvalue weighted by molar-refractivity contribution is 0.842. The van der Waals surface area contributed by atoms with Crippen molar-refractivity contribution in [2.24, 2.45) is 16.6 Å². The number of allylic oxidation sites excluding steroid dienone is 5. The van der Waals surface area contributed by atoms with Gasteiger partial charge in [0.05, 0.1) is 0 Å². The van der Waals surface area contributed by atoms with Crippen LogP contribution in [-0.4, -0.2) is 5.71 Å². The molecule has 2 heteroatoms. The van der Waals surface area contributed by atoms with E-state index < -0.39 is 0 Å². The third-order valence-corrected chi connectivity index (χ3v) is 1.94. The van der Waals surface area contributed by atoms with Crippen molar-refractivity contribution in [3.05, 3.63) is 36.2 Å². The number of aliphatic imine (C=N–C) groups is 1. The van der Waals surface area contributed by atoms with Gasteiger partial charge in [0.1, 0.15) is 5.82 Å². The molecule has 2 rings (SSSR count). The zero-order chi connectivity index (χ0) is 7.68. The van der Waals surface area contributed by atoms with Crippen molar-refractivity contribution in [2.45, 2.75) is 6.42 Å². The first-order chi connectivity index (χ1) is 5.36. The van der Waals surface area contributed by atoms with E-state index in [1.807, 2.05) is 18.2 Å². The van der Waals surface area contributed by atoms with Gasteiger partial charge >= 0.3 is 0 Å². The lowest BCUT2D eigenvalue weighted by Gasteiger charge is -2.17. The van der Waals surface area contributed by atoms with Gasteiger partial charge in [0.2, 0.25) is 0 Å². The van der Waals surface area contributed by atoms with Crippen molar-refractivity contribution >= 4 is 5.71 Å². The van der Waals surface area contributed by atoms with Gasteiger partial charge in [-0.2, -0.15) is 0 Å². The van der Waals surface area contributed by atoms with E-state index in [1.165, 1.54) is 0 Å². The van der Waals surface area contributed by atoms with E-state index in [1.54, 1.807) is 0 Å². The molecule has 0 aromatic heterocycles. The second-order valence-electron chi connectivity index (χ2n) is 2.75. The zero-order valence-corrected chi connectivity index (χ0v) is 6.20. The maximum absolute atomic E-state index is 5.56. The van der Waals surface area contributed by atoms with E-state index in [2.05, 4.69) is 17.1 Å². The van der Waals surface area contributed by atoms with E-state index in [0.29, 0.717) is 11.7 Å². The maximum atomic E-state index is 5.56. The molecule has 0 bridgehead atoms. The van der Waals surface area contributed by atoms with Crippen molar-refractivity contribution in [3.63, 3.8) is 0 Å². The Bertz CT molecular complexity index is 282. The predicted molar refractivity (Wildman–Crippen MR) is 46.1 cm³/mol. The van der Waals surface area contributed by atoms with Crippen LogP contribution in [0.25, 0.3) is 0 Å². The Morgan fingerprint density at radius 2 is 2.36 bits per heavy atom. The molecule has 1 aliphatic heterocycles. The first-order valence-corrected chi connectivity index (χ1v) is 3.75. The van der Waals surface area contributed by atoms with Crippen LogP contribution in [0.1, 0.15) is 6.42 Å². The summed E-state index contributed by atoms with van der Waals surface area (Å²) in [6, 6.07) is 0. The van der Waals surface area contributed by atoms with Gasteiger partial charge in [-0.15, -0.1) is 0 Å². The molecule has 0 aromatic rings. The molecule has 2 aliphatic rings. The normalized spacial score (nSPS) is 27.5. The van der Waals surface area contributed by atoms with Crippen LogP contribution in [0.2, 0.25) is 0 Å². The predicted octanol–water partition coefficient (Wildman–Crippen LogP) is 1.37. The van der Waals surface area contributed by atoms with Crippen molar-refractivity contribution < 1.29 is 0 Å². The summed E-state index contributed by atoms with van der Waals surface area (Å²) in [5.41, 5.74) is 6.65. The number of nitrogens with two attached hydrogens (primary N) is 1. The van der Waals surface area contributed by atoms with Gasteiger partial charge in [-0.25, -0.2) is 4.99 Å². The summed E-state index contributed by atoms with van der Waals surface area (Å²) in [5.74, 6) is 1.11. The van der Waals surface area contributed by atoms with Crippen LogP contribution >= 0.6 is 0 Å². The standard InChI is InChI=1S/C9H10N2/c10-9-6-5-7-3-1-2-4-8(7)11-9/h1-4,6-7H,5,10H2. The molecule has 0 saturated heterocycles. The highest BCUT2D eigenvalue weighted by atomic mass is 14.9. The summed E-state index contributed by atoms with van der Waals surface area (Å²) in [7, 11) is 0. The highest BCUT2D eigenvalue weighted by Gasteiger charge is 2.14. The van der Waals surface area contributed by atoms with Gasteiger partial charge in [-0.3, -0.25) is 0 Å². The Morgan fingerprint density at radius 3 is 3.27 bits per heavy atom. The van der Waals surface area contributed by atoms with Crippen LogP contribution in [0.3, 0.4) is 0 Å². The molecular weight excluding hydrogens is 136 g/mol. The molecule has 0 saturated carbocycles. The molecule has 11 heavy (non-hydrogen) atoms. The first kappa shape index (κ1) is 6.40. The molecule has 56 valence electrons. The highest BCUT2D eigenvalue weighted by molar-refractivity contribution is 6.00. The molecular formula is C9H10N2. The van der Waals surface area contributed by atoms with Gasteiger partial charge in [-0.05, 0) is 18.6 Å². The molecule has 1 atom stereocenters. The second kappa shape index (κ2) is 2.38. The number of fused-ring (bicyclic) bond motifs is 1. The Labute approximate surface area is 65.8 Å². The van der Waals surface area contributed by atoms with Crippen LogP contribution in [0.4, 0.5) is 0 Å². The zero-order valence-electron chi connectivity index (χ0n) is 6.20. The maximum Gasteiger partial charge on any atom is 0.119 e. The summed E-state index contributed by atoms with van der Waals surface area (Å²) >= 11 is 0. The van der Waals surface area contributed by atoms with Crippen LogP contribution in [0, 0.1) is 5.92 Å². The number of nitrogens with zero attached hydrogens (tertiary/aromatic N) is 1. The van der Waals surface area contributed by atoms with Crippen molar-refractivity contribution in [1.29, 1.82) is 0 Å². The van der Waals surface area contributed by atoms with Crippen LogP contribution < -0.4 is 5.73 Å². The molecule has 0 radical (unpaired) electrons. The summed E-state index contributed by atoms with van der Waals surface area (Å²) in [5, 5.41) is 0. The van der Waals surface area contributed by atoms with E-state index >= 15 is 0 Å². The fraction of sp³-hybridized carbons (Fsp3) is 0.222. The first-order valence-electron chi connectivity index (χ1n) is 3.75. The fourth-order valence-electron chi connectivity index (χ4n) is 1.34. The number of rotatable bonds is 0. The lowest BCUT2D eigenvalue weighted by atomic mass is 9.93. The summed E-state index contributed by atoms with van der Waals surface area (Å²) < 4.78 is 0. The molecule has 0 aromatic carbocycles. The molecule has 0 spiro atoms. The fourth-order valence-corrected chi connectivity index (χ4v) is 1.34. The molecule has 1 aliphatic carbocycles. The molecule has 0 fully saturated rings. The van der Waals surface area contributed by atoms with Gasteiger partial charge in [-0.1, -0.05) is 18.2 Å². The number of hydrogen-bond donors (Lipinski definition) is 1. The largest absolute Gasteiger partial charge is 0.384 e. The Hall–Kier alpha value is -1.31. The Kier molecular flexibility index (Phi) is 1.39. The third-order valence-electron chi connectivity index (χ3n) is 1.94. The molecule has 2 N–H and O–H groups in total. The summed E-state index contributed by atoms with van der Waals surface area (Å²) in [4.78, 5) is 4.22. The van der Waals surface area contributed by atoms with E-state index in [-0.39, 0.29) is 0 Å². The number of hydrogen-bond acceptors (Lipinski definition) is 2. The molecule has 1 unspecified atom stereocenters. The van der Waals surface area contributed by atoms with Crippen molar-refractivity contribution in [2.75, 3.05) is 0 Å². The SMILES string of the molecule is NC1=CCC2C=CC=CC2=N1. The molecule has 2 nitrogen and oxygen atoms in total. The average molecular weight is 146 g/mol. The third kappa shape index (κ3) is 1.11. The monoisotopic (exact) mass is 146 g/mol. The van der Waals surface area contributed by atoms with Gasteiger partial charge < -0.3 is 5.73 Å². The van der Waals surface area contributed by atoms with Crippen molar-refractivity contribution in [3.8, 4) is 0 Å². The smallest absolute Gasteiger partial charge is 0.119 e. The Morgan fingerprint density at radius 1 is 1.45 bits per heavy atom. The average Bonchev–Trinajstić information content (AvgIpc) is 2.04. The van der Waals surface area contributed by atoms with E-state index in [0.717, 1.165) is 12.1 Å². The van der Waals surface area contributed by atoms with Crippen LogP contribution in [-0.2, 0) is 0 Å². The second-order valence-corrected chi connectivity index (χ2v) is 2.75. The highest BCUT2D eigenvalue weighted by Crippen LogP contribution is 2.19. The van der Waals surface area contributed by atoms with E-state index in [4.69, 9.17) is 5.73 Å². The minimum atomic E-state index is 0.465. The van der Waals surface area contributed by atoms with Gasteiger partial charge in [0.25, 0.3) is 0 Å². The van der Waals surface area contributed by atoms with Crippen molar-refractivity contribution in [1.82, 2.24) is 0 Å². The topological polar surface area (TPSA) is 38.4 Å². The summed E-state index contributed by atoms with van der Waals surface area (Å²) in [6.45, 7) is 0.